The van der Waals surface area contributed by atoms with Crippen LogP contribution in [0.4, 0.5) is 5.88 Å². The van der Waals surface area contributed by atoms with Gasteiger partial charge in [-0.15, -0.1) is 0 Å². The minimum Gasteiger partial charge on any atom is -0.452 e. The lowest BCUT2D eigenvalue weighted by Gasteiger charge is -2.19. The van der Waals surface area contributed by atoms with Crippen LogP contribution >= 0.6 is 0 Å². The molecule has 0 aliphatic carbocycles. The average Bonchev–Trinajstić information content (AvgIpc) is 3.14. The number of hydrogen-bond acceptors (Lipinski definition) is 8. The lowest BCUT2D eigenvalue weighted by atomic mass is 10.0. The van der Waals surface area contributed by atoms with Crippen molar-refractivity contribution < 1.29 is 32.1 Å². The van der Waals surface area contributed by atoms with E-state index in [1.807, 2.05) is 0 Å². The van der Waals surface area contributed by atoms with Gasteiger partial charge in [0.25, 0.3) is 5.91 Å². The van der Waals surface area contributed by atoms with E-state index in [1.54, 1.807) is 13.0 Å². The summed E-state index contributed by atoms with van der Waals surface area (Å²) in [6.07, 6.45) is 0. The molecule has 0 fully saturated rings. The molecule has 1 aliphatic heterocycles. The zero-order valence-corrected chi connectivity index (χ0v) is 16.4. The number of aromatic nitrogens is 1. The second kappa shape index (κ2) is 7.23. The number of sulfone groups is 1. The van der Waals surface area contributed by atoms with Gasteiger partial charge in [-0.3, -0.25) is 14.9 Å². The summed E-state index contributed by atoms with van der Waals surface area (Å²) in [5.74, 6) is -1.92. The van der Waals surface area contributed by atoms with Crippen LogP contribution in [0.5, 0.6) is 0 Å². The molecule has 1 aliphatic rings. The van der Waals surface area contributed by atoms with Crippen LogP contribution in [0, 0.1) is 6.92 Å². The molecule has 1 amide bonds. The van der Waals surface area contributed by atoms with Crippen molar-refractivity contribution in [1.29, 1.82) is 0 Å². The summed E-state index contributed by atoms with van der Waals surface area (Å²) in [4.78, 5) is 36.4. The predicted molar refractivity (Wildman–Crippen MR) is 102 cm³/mol. The summed E-state index contributed by atoms with van der Waals surface area (Å²) in [6, 6.07) is 11.0. The summed E-state index contributed by atoms with van der Waals surface area (Å²) >= 11 is 0. The van der Waals surface area contributed by atoms with E-state index in [4.69, 9.17) is 9.26 Å². The molecule has 4 rings (SSSR count). The Balaban J connectivity index is 1.54. The molecular weight excluding hydrogens is 412 g/mol. The van der Waals surface area contributed by atoms with Crippen molar-refractivity contribution in [2.24, 2.45) is 0 Å². The summed E-state index contributed by atoms with van der Waals surface area (Å²) in [7, 11) is -3.99. The number of ether oxygens (including phenoxy) is 1. The van der Waals surface area contributed by atoms with Crippen LogP contribution < -0.4 is 5.32 Å². The number of fused-ring (bicyclic) bond motifs is 2. The van der Waals surface area contributed by atoms with Gasteiger partial charge < -0.3 is 9.26 Å². The molecule has 30 heavy (non-hydrogen) atoms. The molecule has 0 bridgehead atoms. The van der Waals surface area contributed by atoms with Gasteiger partial charge in [0.05, 0.1) is 21.0 Å². The summed E-state index contributed by atoms with van der Waals surface area (Å²) in [5, 5.41) is 5.97. The van der Waals surface area contributed by atoms with Gasteiger partial charge in [0.15, 0.2) is 12.4 Å². The fraction of sp³-hybridized carbons (Fsp3) is 0.100. The Morgan fingerprint density at radius 3 is 2.53 bits per heavy atom. The molecule has 2 aromatic carbocycles. The van der Waals surface area contributed by atoms with Gasteiger partial charge in [-0.25, -0.2) is 13.2 Å². The van der Waals surface area contributed by atoms with Crippen molar-refractivity contribution in [3.05, 3.63) is 70.9 Å². The molecular formula is C20H14N2O7S. The number of rotatable bonds is 4. The topological polar surface area (TPSA) is 133 Å². The molecule has 0 spiro atoms. The molecule has 10 heteroatoms. The molecule has 2 heterocycles. The van der Waals surface area contributed by atoms with Crippen molar-refractivity contribution in [3.8, 4) is 0 Å². The maximum atomic E-state index is 12.9. The number of aryl methyl sites for hydroxylation is 1. The fourth-order valence-electron chi connectivity index (χ4n) is 3.02. The molecule has 3 aromatic rings. The zero-order chi connectivity index (χ0) is 21.5. The number of benzene rings is 2. The third-order valence-electron chi connectivity index (χ3n) is 4.40. The van der Waals surface area contributed by atoms with E-state index in [2.05, 4.69) is 10.5 Å². The fourth-order valence-corrected chi connectivity index (χ4v) is 4.70. The molecule has 0 unspecified atom stereocenters. The number of nitrogens with one attached hydrogen (secondary N) is 1. The Bertz CT molecular complexity index is 1310. The van der Waals surface area contributed by atoms with Crippen molar-refractivity contribution in [1.82, 2.24) is 5.16 Å². The normalized spacial score (nSPS) is 13.8. The largest absolute Gasteiger partial charge is 0.452 e. The Morgan fingerprint density at radius 2 is 1.80 bits per heavy atom. The van der Waals surface area contributed by atoms with Crippen molar-refractivity contribution in [2.75, 3.05) is 11.9 Å². The zero-order valence-electron chi connectivity index (χ0n) is 15.5. The first-order valence-electron chi connectivity index (χ1n) is 8.70. The lowest BCUT2D eigenvalue weighted by Crippen LogP contribution is -2.22. The monoisotopic (exact) mass is 426 g/mol. The molecule has 152 valence electrons. The molecule has 0 saturated heterocycles. The van der Waals surface area contributed by atoms with Crippen molar-refractivity contribution in [2.45, 2.75) is 16.7 Å². The Labute approximate surface area is 170 Å². The third kappa shape index (κ3) is 3.37. The molecule has 0 radical (unpaired) electrons. The highest BCUT2D eigenvalue weighted by atomic mass is 32.2. The van der Waals surface area contributed by atoms with Gasteiger partial charge in [0.1, 0.15) is 0 Å². The van der Waals surface area contributed by atoms with Gasteiger partial charge >= 0.3 is 5.97 Å². The standard InChI is InChI=1S/C20H14N2O7S/c1-11-8-18(29-22-11)21-17(23)10-28-20(25)12-6-7-14-16(9-12)30(26,27)15-5-3-2-4-13(15)19(14)24/h2-9H,10H2,1H3,(H,21,23). The Morgan fingerprint density at radius 1 is 1.07 bits per heavy atom. The molecule has 1 N–H and O–H groups in total. The number of carbonyl (C=O) groups is 3. The Hall–Kier alpha value is -3.79. The van der Waals surface area contributed by atoms with Crippen LogP contribution in [-0.4, -0.2) is 37.8 Å². The quantitative estimate of drug-likeness (QED) is 0.491. The highest BCUT2D eigenvalue weighted by Gasteiger charge is 2.35. The number of esters is 1. The lowest BCUT2D eigenvalue weighted by molar-refractivity contribution is -0.119. The highest BCUT2D eigenvalue weighted by Crippen LogP contribution is 2.34. The number of anilines is 1. The Kier molecular flexibility index (Phi) is 4.70. The van der Waals surface area contributed by atoms with E-state index >= 15 is 0 Å². The second-order valence-corrected chi connectivity index (χ2v) is 8.38. The van der Waals surface area contributed by atoms with Crippen LogP contribution in [-0.2, 0) is 19.4 Å². The van der Waals surface area contributed by atoms with Crippen LogP contribution in [0.1, 0.15) is 32.0 Å². The molecule has 1 aromatic heterocycles. The minimum atomic E-state index is -3.99. The second-order valence-electron chi connectivity index (χ2n) is 6.50. The first-order chi connectivity index (χ1) is 14.3. The van der Waals surface area contributed by atoms with Crippen LogP contribution in [0.25, 0.3) is 0 Å². The van der Waals surface area contributed by atoms with E-state index in [1.165, 1.54) is 36.4 Å². The van der Waals surface area contributed by atoms with E-state index in [0.717, 1.165) is 6.07 Å². The van der Waals surface area contributed by atoms with E-state index in [0.29, 0.717) is 5.69 Å². The summed E-state index contributed by atoms with van der Waals surface area (Å²) < 4.78 is 35.6. The van der Waals surface area contributed by atoms with Gasteiger partial charge in [0, 0.05) is 17.2 Å². The van der Waals surface area contributed by atoms with Gasteiger partial charge in [-0.2, -0.15) is 0 Å². The number of carbonyl (C=O) groups excluding carboxylic acids is 3. The van der Waals surface area contributed by atoms with Crippen LogP contribution in [0.2, 0.25) is 0 Å². The van der Waals surface area contributed by atoms with E-state index < -0.39 is 34.1 Å². The highest BCUT2D eigenvalue weighted by molar-refractivity contribution is 7.91. The van der Waals surface area contributed by atoms with Gasteiger partial charge in [-0.05, 0) is 37.3 Å². The van der Waals surface area contributed by atoms with E-state index in [9.17, 15) is 22.8 Å². The first kappa shape index (κ1) is 19.5. The van der Waals surface area contributed by atoms with Crippen LogP contribution in [0.15, 0.2) is 62.8 Å². The number of ketones is 1. The van der Waals surface area contributed by atoms with Crippen molar-refractivity contribution in [3.63, 3.8) is 0 Å². The third-order valence-corrected chi connectivity index (χ3v) is 6.25. The maximum absolute atomic E-state index is 12.9. The molecule has 0 atom stereocenters. The predicted octanol–water partition coefficient (Wildman–Crippen LogP) is 2.16. The minimum absolute atomic E-state index is 0.0244. The smallest absolute Gasteiger partial charge is 0.338 e. The first-order valence-corrected chi connectivity index (χ1v) is 10.2. The summed E-state index contributed by atoms with van der Waals surface area (Å²) in [6.45, 7) is 1.05. The molecule has 9 nitrogen and oxygen atoms in total. The van der Waals surface area contributed by atoms with Crippen LogP contribution in [0.3, 0.4) is 0 Å². The maximum Gasteiger partial charge on any atom is 0.338 e. The SMILES string of the molecule is Cc1cc(NC(=O)COC(=O)c2ccc3c(c2)S(=O)(=O)c2ccccc2C3=O)on1. The van der Waals surface area contributed by atoms with Crippen molar-refractivity contribution >= 4 is 33.4 Å². The van der Waals surface area contributed by atoms with Gasteiger partial charge in [-0.1, -0.05) is 17.3 Å². The number of amides is 1. The number of hydrogen-bond donors (Lipinski definition) is 1. The molecule has 0 saturated carbocycles. The van der Waals surface area contributed by atoms with Gasteiger partial charge in [0.2, 0.25) is 15.7 Å². The average molecular weight is 426 g/mol. The number of nitrogens with zero attached hydrogens (tertiary/aromatic N) is 1. The van der Waals surface area contributed by atoms with E-state index in [-0.39, 0.29) is 32.4 Å². The summed E-state index contributed by atoms with van der Waals surface area (Å²) in [5.41, 5.74) is 0.518.